The van der Waals surface area contributed by atoms with Crippen molar-refractivity contribution < 1.29 is 68.4 Å². The maximum Gasteiger partial charge on any atom is 0.326 e. The third-order valence-corrected chi connectivity index (χ3v) is 13.3. The summed E-state index contributed by atoms with van der Waals surface area (Å²) in [6.07, 6.45) is 21.3. The third-order valence-electron chi connectivity index (χ3n) is 13.3. The van der Waals surface area contributed by atoms with Crippen LogP contribution in [0.5, 0.6) is 0 Å². The zero-order valence-corrected chi connectivity index (χ0v) is 42.7. The first-order valence-corrected chi connectivity index (χ1v) is 26.4. The van der Waals surface area contributed by atoms with Crippen molar-refractivity contribution in [2.45, 2.75) is 230 Å². The highest BCUT2D eigenvalue weighted by molar-refractivity contribution is 5.88. The summed E-state index contributed by atoms with van der Waals surface area (Å²) in [6, 6.07) is -4.66. The fourth-order valence-electron chi connectivity index (χ4n) is 8.77. The van der Waals surface area contributed by atoms with Crippen LogP contribution in [0.4, 0.5) is 0 Å². The third kappa shape index (κ3) is 33.2. The average molecular weight is 1010 g/mol. The smallest absolute Gasteiger partial charge is 0.326 e. The number of carbonyl (C=O) groups excluding carboxylic acids is 6. The first-order chi connectivity index (χ1) is 33.9. The molecule has 0 aromatic heterocycles. The van der Waals surface area contributed by atoms with Crippen LogP contribution in [0, 0.1) is 11.8 Å². The monoisotopic (exact) mass is 1010 g/mol. The summed E-state index contributed by atoms with van der Waals surface area (Å²) >= 11 is 0. The van der Waals surface area contributed by atoms with Gasteiger partial charge >= 0.3 is 23.9 Å². The quantitative estimate of drug-likeness (QED) is 0.0336. The molecule has 0 spiro atoms. The van der Waals surface area contributed by atoms with E-state index >= 15 is 0 Å². The van der Waals surface area contributed by atoms with E-state index in [4.69, 9.17) is 5.11 Å². The molecule has 71 heavy (non-hydrogen) atoms. The Bertz CT molecular complexity index is 1640. The molecule has 20 nitrogen and oxygen atoms in total. The minimum absolute atomic E-state index is 0.0152. The molecular formula is C51H88N6O14. The van der Waals surface area contributed by atoms with Gasteiger partial charge in [-0.15, -0.1) is 0 Å². The summed E-state index contributed by atoms with van der Waals surface area (Å²) in [5.41, 5.74) is 0. The Balaban J connectivity index is 2.27. The van der Waals surface area contributed by atoms with Gasteiger partial charge in [0.15, 0.2) is 0 Å². The van der Waals surface area contributed by atoms with Crippen molar-refractivity contribution in [2.75, 3.05) is 20.1 Å². The molecule has 5 amide bonds. The van der Waals surface area contributed by atoms with Crippen LogP contribution in [-0.4, -0.2) is 124 Å². The fourth-order valence-corrected chi connectivity index (χ4v) is 8.77. The molecule has 10 N–H and O–H groups in total. The number of unbranched alkanes of at least 4 members (excludes halogenated alkanes) is 16. The maximum atomic E-state index is 13.1. The standard InChI is InChI=1S/C51H88N6O14/c1-36(58)39(52-2)21-19-20-34-53-44(60)31-28-40(49(66)67)55-45(61)32-29-41(50(68)69)56-46(62)33-30-42(51(70)71)57-48(65)38-26-24-37(25-27-38)35-54-43(59)22-17-15-13-11-9-7-5-3-4-6-8-10-12-14-16-18-23-47(63)64/h37-42,52H,3-35H2,1-2H3,(H,53,60)(H,54,59)(H,55,61)(H,56,62)(H,57,65)(H,63,64)(H,66,67)(H,68,69)(H,70,71)/t37?,38?,39?,40-,41-,42-/m0/s1. The molecule has 1 fully saturated rings. The highest BCUT2D eigenvalue weighted by Crippen LogP contribution is 2.29. The number of carboxylic acid groups (broad SMARTS) is 4. The summed E-state index contributed by atoms with van der Waals surface area (Å²) in [5.74, 6) is -7.65. The second-order valence-corrected chi connectivity index (χ2v) is 19.3. The molecule has 1 aliphatic carbocycles. The van der Waals surface area contributed by atoms with Crippen molar-refractivity contribution in [1.29, 1.82) is 0 Å². The Hall–Kier alpha value is -5.14. The SMILES string of the molecule is CNC(CCCCNC(=O)CC[C@H](NC(=O)CC[C@H](NC(=O)CC[C@H](NC(=O)C1CCC(CNC(=O)CCCCCCCCCCCCCCCCCCC(=O)O)CC1)C(=O)O)C(=O)O)C(=O)O)C(C)=O. The second-order valence-electron chi connectivity index (χ2n) is 19.3. The lowest BCUT2D eigenvalue weighted by molar-refractivity contribution is -0.144. The summed E-state index contributed by atoms with van der Waals surface area (Å²) in [7, 11) is 1.69. The van der Waals surface area contributed by atoms with Crippen LogP contribution in [0.3, 0.4) is 0 Å². The van der Waals surface area contributed by atoms with E-state index in [2.05, 4.69) is 31.9 Å². The van der Waals surface area contributed by atoms with Crippen LogP contribution < -0.4 is 31.9 Å². The molecule has 0 aromatic rings. The number of nitrogens with one attached hydrogen (secondary N) is 6. The number of ketones is 1. The molecule has 0 saturated heterocycles. The number of likely N-dealkylation sites (N-methyl/N-ethyl adjacent to an activating group) is 1. The number of aliphatic carboxylic acids is 4. The molecular weight excluding hydrogens is 921 g/mol. The number of carbonyl (C=O) groups is 10. The fraction of sp³-hybridized carbons (Fsp3) is 0.804. The first-order valence-electron chi connectivity index (χ1n) is 26.4. The normalized spacial score (nSPS) is 16.1. The molecule has 0 radical (unpaired) electrons. The van der Waals surface area contributed by atoms with Crippen molar-refractivity contribution in [3.8, 4) is 0 Å². The van der Waals surface area contributed by atoms with Gasteiger partial charge in [0.1, 0.15) is 23.9 Å². The van der Waals surface area contributed by atoms with Crippen LogP contribution in [0.25, 0.3) is 0 Å². The Labute approximate surface area is 420 Å². The van der Waals surface area contributed by atoms with Gasteiger partial charge in [-0.25, -0.2) is 14.4 Å². The molecule has 20 heteroatoms. The zero-order valence-electron chi connectivity index (χ0n) is 42.7. The van der Waals surface area contributed by atoms with Crippen LogP contribution in [0.2, 0.25) is 0 Å². The van der Waals surface area contributed by atoms with E-state index in [1.165, 1.54) is 71.1 Å². The van der Waals surface area contributed by atoms with Gasteiger partial charge in [-0.05, 0) is 96.9 Å². The summed E-state index contributed by atoms with van der Waals surface area (Å²) in [6.45, 7) is 2.33. The Kier molecular flexibility index (Phi) is 35.5. The van der Waals surface area contributed by atoms with E-state index in [0.29, 0.717) is 64.5 Å². The maximum absolute atomic E-state index is 13.1. The molecule has 0 aliphatic heterocycles. The van der Waals surface area contributed by atoms with Gasteiger partial charge in [0, 0.05) is 51.1 Å². The second kappa shape index (κ2) is 39.5. The van der Waals surface area contributed by atoms with Crippen molar-refractivity contribution in [3.05, 3.63) is 0 Å². The van der Waals surface area contributed by atoms with E-state index in [9.17, 15) is 63.3 Å². The van der Waals surface area contributed by atoms with E-state index < -0.39 is 90.8 Å². The first kappa shape index (κ1) is 63.9. The van der Waals surface area contributed by atoms with Crippen LogP contribution >= 0.6 is 0 Å². The van der Waals surface area contributed by atoms with Crippen molar-refractivity contribution in [3.63, 3.8) is 0 Å². The van der Waals surface area contributed by atoms with Crippen LogP contribution in [0.1, 0.15) is 206 Å². The molecule has 0 bridgehead atoms. The minimum atomic E-state index is -1.55. The Morgan fingerprint density at radius 2 is 0.817 bits per heavy atom. The number of hydrogen-bond donors (Lipinski definition) is 10. The van der Waals surface area contributed by atoms with Gasteiger partial charge in [0.05, 0.1) is 6.04 Å². The summed E-state index contributed by atoms with van der Waals surface area (Å²) in [4.78, 5) is 121. The molecule has 1 unspecified atom stereocenters. The molecule has 0 aromatic carbocycles. The van der Waals surface area contributed by atoms with Gasteiger partial charge < -0.3 is 52.3 Å². The number of Topliss-reactive ketones (excluding diaryl/α,β-unsaturated/α-hetero) is 1. The Morgan fingerprint density at radius 3 is 1.23 bits per heavy atom. The molecule has 0 heterocycles. The van der Waals surface area contributed by atoms with Gasteiger partial charge in [0.25, 0.3) is 0 Å². The lowest BCUT2D eigenvalue weighted by Gasteiger charge is -2.28. The zero-order chi connectivity index (χ0) is 52.8. The van der Waals surface area contributed by atoms with Gasteiger partial charge in [0.2, 0.25) is 29.5 Å². The highest BCUT2D eigenvalue weighted by atomic mass is 16.4. The predicted octanol–water partition coefficient (Wildman–Crippen LogP) is 5.53. The van der Waals surface area contributed by atoms with E-state index in [1.807, 2.05) is 0 Å². The average Bonchev–Trinajstić information content (AvgIpc) is 3.32. The summed E-state index contributed by atoms with van der Waals surface area (Å²) < 4.78 is 0. The largest absolute Gasteiger partial charge is 0.481 e. The lowest BCUT2D eigenvalue weighted by atomic mass is 9.81. The van der Waals surface area contributed by atoms with E-state index in [0.717, 1.165) is 38.5 Å². The van der Waals surface area contributed by atoms with Gasteiger partial charge in [-0.2, -0.15) is 0 Å². The minimum Gasteiger partial charge on any atom is -0.481 e. The molecule has 406 valence electrons. The van der Waals surface area contributed by atoms with Gasteiger partial charge in [-0.1, -0.05) is 89.9 Å². The van der Waals surface area contributed by atoms with E-state index in [-0.39, 0.29) is 49.3 Å². The topological polar surface area (TPSA) is 324 Å². The number of amides is 5. The lowest BCUT2D eigenvalue weighted by Crippen LogP contribution is -2.46. The van der Waals surface area contributed by atoms with Crippen molar-refractivity contribution in [2.24, 2.45) is 11.8 Å². The van der Waals surface area contributed by atoms with E-state index in [1.54, 1.807) is 7.05 Å². The molecule has 4 atom stereocenters. The van der Waals surface area contributed by atoms with Crippen molar-refractivity contribution >= 4 is 59.2 Å². The molecule has 1 saturated carbocycles. The number of hydrogen-bond acceptors (Lipinski definition) is 11. The predicted molar refractivity (Wildman–Crippen MR) is 266 cm³/mol. The number of carboxylic acids is 4. The molecule has 1 rings (SSSR count). The summed E-state index contributed by atoms with van der Waals surface area (Å²) in [5, 5.41) is 53.3. The van der Waals surface area contributed by atoms with Crippen LogP contribution in [0.15, 0.2) is 0 Å². The van der Waals surface area contributed by atoms with Crippen LogP contribution in [-0.2, 0) is 47.9 Å². The highest BCUT2D eigenvalue weighted by Gasteiger charge is 2.31. The Morgan fingerprint density at radius 1 is 0.423 bits per heavy atom. The van der Waals surface area contributed by atoms with Crippen molar-refractivity contribution in [1.82, 2.24) is 31.9 Å². The van der Waals surface area contributed by atoms with Gasteiger partial charge in [-0.3, -0.25) is 33.6 Å². The molecule has 1 aliphatic rings. The number of rotatable bonds is 44.